The third-order valence-corrected chi connectivity index (χ3v) is 3.74. The number of hydrogen-bond donors (Lipinski definition) is 2. The van der Waals surface area contributed by atoms with E-state index in [2.05, 4.69) is 10.9 Å². The molecular weight excluding hydrogens is 352 g/mol. The summed E-state index contributed by atoms with van der Waals surface area (Å²) in [5, 5.41) is 0. The molecule has 2 aromatic carbocycles. The Labute approximate surface area is 155 Å². The quantitative estimate of drug-likeness (QED) is 0.617. The van der Waals surface area contributed by atoms with Crippen LogP contribution in [0.25, 0.3) is 6.08 Å². The van der Waals surface area contributed by atoms with Crippen LogP contribution < -0.4 is 29.8 Å². The van der Waals surface area contributed by atoms with Gasteiger partial charge in [0.15, 0.2) is 11.5 Å². The molecule has 0 aromatic heterocycles. The van der Waals surface area contributed by atoms with Gasteiger partial charge in [-0.15, -0.1) is 0 Å². The van der Waals surface area contributed by atoms with Gasteiger partial charge in [0, 0.05) is 17.7 Å². The van der Waals surface area contributed by atoms with Crippen molar-refractivity contribution in [1.82, 2.24) is 10.9 Å². The molecule has 1 aliphatic heterocycles. The number of nitrogens with one attached hydrogen (secondary N) is 2. The first-order valence-corrected chi connectivity index (χ1v) is 8.00. The summed E-state index contributed by atoms with van der Waals surface area (Å²) in [4.78, 5) is 24.1. The summed E-state index contributed by atoms with van der Waals surface area (Å²) in [6, 6.07) is 10.0. The second kappa shape index (κ2) is 8.13. The molecule has 0 aliphatic carbocycles. The van der Waals surface area contributed by atoms with E-state index in [0.717, 1.165) is 5.56 Å². The van der Waals surface area contributed by atoms with Crippen molar-refractivity contribution >= 4 is 17.9 Å². The molecule has 0 atom stereocenters. The molecule has 8 heteroatoms. The zero-order valence-corrected chi connectivity index (χ0v) is 14.8. The molecule has 0 unspecified atom stereocenters. The van der Waals surface area contributed by atoms with Crippen molar-refractivity contribution in [1.29, 1.82) is 0 Å². The van der Waals surface area contributed by atoms with Crippen molar-refractivity contribution in [3.05, 3.63) is 53.6 Å². The van der Waals surface area contributed by atoms with Crippen molar-refractivity contribution in [2.24, 2.45) is 0 Å². The number of hydrazine groups is 1. The predicted octanol–water partition coefficient (Wildman–Crippen LogP) is 1.91. The average Bonchev–Trinajstić information content (AvgIpc) is 3.17. The summed E-state index contributed by atoms with van der Waals surface area (Å²) in [5.41, 5.74) is 5.70. The highest BCUT2D eigenvalue weighted by molar-refractivity contribution is 5.98. The van der Waals surface area contributed by atoms with Gasteiger partial charge < -0.3 is 18.9 Å². The molecule has 140 valence electrons. The first-order chi connectivity index (χ1) is 13.1. The van der Waals surface area contributed by atoms with E-state index in [1.807, 2.05) is 0 Å². The number of amides is 2. The third kappa shape index (κ3) is 4.49. The summed E-state index contributed by atoms with van der Waals surface area (Å²) in [5.74, 6) is 1.23. The first kappa shape index (κ1) is 18.1. The van der Waals surface area contributed by atoms with E-state index in [0.29, 0.717) is 23.0 Å². The van der Waals surface area contributed by atoms with Crippen LogP contribution in [0.2, 0.25) is 0 Å². The lowest BCUT2D eigenvalue weighted by Crippen LogP contribution is -2.40. The molecule has 0 bridgehead atoms. The molecular formula is C19H18N2O6. The fraction of sp³-hybridized carbons (Fsp3) is 0.158. The Morgan fingerprint density at radius 2 is 1.67 bits per heavy atom. The monoisotopic (exact) mass is 370 g/mol. The minimum Gasteiger partial charge on any atom is -0.497 e. The molecule has 0 saturated carbocycles. The molecule has 0 fully saturated rings. The second-order valence-electron chi connectivity index (χ2n) is 5.49. The molecule has 1 heterocycles. The number of carbonyl (C=O) groups excluding carboxylic acids is 2. The highest BCUT2D eigenvalue weighted by Gasteiger charge is 2.13. The number of rotatable bonds is 5. The molecule has 2 N–H and O–H groups in total. The van der Waals surface area contributed by atoms with Gasteiger partial charge in [-0.2, -0.15) is 0 Å². The number of fused-ring (bicyclic) bond motifs is 1. The Morgan fingerprint density at radius 1 is 0.963 bits per heavy atom. The highest BCUT2D eigenvalue weighted by Crippen LogP contribution is 2.32. The molecule has 0 radical (unpaired) electrons. The maximum absolute atomic E-state index is 12.2. The fourth-order valence-corrected chi connectivity index (χ4v) is 2.36. The zero-order valence-electron chi connectivity index (χ0n) is 14.8. The van der Waals surface area contributed by atoms with Crippen LogP contribution in [-0.2, 0) is 4.79 Å². The molecule has 8 nitrogen and oxygen atoms in total. The van der Waals surface area contributed by atoms with E-state index in [9.17, 15) is 9.59 Å². The van der Waals surface area contributed by atoms with Crippen molar-refractivity contribution in [3.63, 3.8) is 0 Å². The number of benzene rings is 2. The van der Waals surface area contributed by atoms with E-state index in [4.69, 9.17) is 18.9 Å². The van der Waals surface area contributed by atoms with E-state index >= 15 is 0 Å². The summed E-state index contributed by atoms with van der Waals surface area (Å²) in [7, 11) is 2.97. The fourth-order valence-electron chi connectivity index (χ4n) is 2.36. The van der Waals surface area contributed by atoms with Crippen molar-refractivity contribution in [2.45, 2.75) is 0 Å². The minimum absolute atomic E-state index is 0.185. The van der Waals surface area contributed by atoms with Gasteiger partial charge >= 0.3 is 0 Å². The summed E-state index contributed by atoms with van der Waals surface area (Å²) < 4.78 is 20.7. The van der Waals surface area contributed by atoms with Crippen LogP contribution in [0.15, 0.2) is 42.5 Å². The summed E-state index contributed by atoms with van der Waals surface area (Å²) in [6.45, 7) is 0.185. The lowest BCUT2D eigenvalue weighted by Gasteiger charge is -2.09. The Morgan fingerprint density at radius 3 is 2.37 bits per heavy atom. The topological polar surface area (TPSA) is 95.1 Å². The Kier molecular flexibility index (Phi) is 5.46. The Bertz CT molecular complexity index is 872. The van der Waals surface area contributed by atoms with Crippen molar-refractivity contribution in [3.8, 4) is 23.0 Å². The van der Waals surface area contributed by atoms with Gasteiger partial charge in [0.05, 0.1) is 14.2 Å². The zero-order chi connectivity index (χ0) is 19.2. The molecule has 1 aliphatic rings. The van der Waals surface area contributed by atoms with Crippen LogP contribution in [0.4, 0.5) is 0 Å². The highest BCUT2D eigenvalue weighted by atomic mass is 16.7. The number of ether oxygens (including phenoxy) is 4. The van der Waals surface area contributed by atoms with E-state index < -0.39 is 11.8 Å². The van der Waals surface area contributed by atoms with Gasteiger partial charge in [-0.25, -0.2) is 0 Å². The standard InChI is InChI=1S/C19H18N2O6/c1-24-14-8-13(9-15(10-14)25-2)19(23)21-20-18(22)6-4-12-3-5-16-17(7-12)27-11-26-16/h3-10H,11H2,1-2H3,(H,20,22)(H,21,23)/b6-4+. The van der Waals surface area contributed by atoms with E-state index in [1.54, 1.807) is 30.3 Å². The van der Waals surface area contributed by atoms with Crippen LogP contribution in [0.3, 0.4) is 0 Å². The van der Waals surface area contributed by atoms with Gasteiger partial charge in [0.1, 0.15) is 11.5 Å². The smallest absolute Gasteiger partial charge is 0.269 e. The predicted molar refractivity (Wildman–Crippen MR) is 96.8 cm³/mol. The maximum Gasteiger partial charge on any atom is 0.269 e. The van der Waals surface area contributed by atoms with Crippen LogP contribution in [0.1, 0.15) is 15.9 Å². The first-order valence-electron chi connectivity index (χ1n) is 8.00. The molecule has 3 rings (SSSR count). The van der Waals surface area contributed by atoms with Crippen molar-refractivity contribution < 1.29 is 28.5 Å². The Balaban J connectivity index is 1.58. The Hall–Kier alpha value is -3.68. The normalized spacial score (nSPS) is 11.9. The number of hydrogen-bond acceptors (Lipinski definition) is 6. The average molecular weight is 370 g/mol. The second-order valence-corrected chi connectivity index (χ2v) is 5.49. The van der Waals surface area contributed by atoms with Gasteiger partial charge in [-0.05, 0) is 35.9 Å². The third-order valence-electron chi connectivity index (χ3n) is 3.74. The van der Waals surface area contributed by atoms with E-state index in [1.165, 1.54) is 32.4 Å². The summed E-state index contributed by atoms with van der Waals surface area (Å²) in [6.07, 6.45) is 2.89. The molecule has 0 saturated heterocycles. The summed E-state index contributed by atoms with van der Waals surface area (Å²) >= 11 is 0. The lowest BCUT2D eigenvalue weighted by atomic mass is 10.2. The SMILES string of the molecule is COc1cc(OC)cc(C(=O)NNC(=O)/C=C/c2ccc3c(c2)OCO3)c1. The van der Waals surface area contributed by atoms with E-state index in [-0.39, 0.29) is 12.4 Å². The van der Waals surface area contributed by atoms with Gasteiger partial charge in [-0.3, -0.25) is 20.4 Å². The molecule has 2 aromatic rings. The minimum atomic E-state index is -0.503. The van der Waals surface area contributed by atoms with Crippen LogP contribution in [0.5, 0.6) is 23.0 Å². The molecule has 27 heavy (non-hydrogen) atoms. The van der Waals surface area contributed by atoms with Crippen LogP contribution >= 0.6 is 0 Å². The van der Waals surface area contributed by atoms with Crippen molar-refractivity contribution in [2.75, 3.05) is 21.0 Å². The van der Waals surface area contributed by atoms with Gasteiger partial charge in [0.2, 0.25) is 6.79 Å². The molecule has 0 spiro atoms. The van der Waals surface area contributed by atoms with Gasteiger partial charge in [0.25, 0.3) is 11.8 Å². The maximum atomic E-state index is 12.2. The molecule has 2 amide bonds. The number of methoxy groups -OCH3 is 2. The van der Waals surface area contributed by atoms with Gasteiger partial charge in [-0.1, -0.05) is 6.07 Å². The largest absolute Gasteiger partial charge is 0.497 e. The van der Waals surface area contributed by atoms with Crippen LogP contribution in [0, 0.1) is 0 Å². The lowest BCUT2D eigenvalue weighted by molar-refractivity contribution is -0.117. The van der Waals surface area contributed by atoms with Crippen LogP contribution in [-0.4, -0.2) is 32.8 Å². The number of carbonyl (C=O) groups is 2.